The number of benzene rings is 1. The van der Waals surface area contributed by atoms with E-state index in [0.29, 0.717) is 16.5 Å². The zero-order chi connectivity index (χ0) is 14.3. The lowest BCUT2D eigenvalue weighted by atomic mass is 10.1. The van der Waals surface area contributed by atoms with Crippen LogP contribution < -0.4 is 5.32 Å². The average molecular weight is 346 g/mol. The van der Waals surface area contributed by atoms with Crippen molar-refractivity contribution in [3.63, 3.8) is 0 Å². The highest BCUT2D eigenvalue weighted by Gasteiger charge is 2.34. The summed E-state index contributed by atoms with van der Waals surface area (Å²) in [6.45, 7) is 0. The predicted molar refractivity (Wildman–Crippen MR) is 72.9 cm³/mol. The molecule has 0 aliphatic heterocycles. The number of nitrogens with zero attached hydrogens (tertiary/aromatic N) is 2. The highest BCUT2D eigenvalue weighted by molar-refractivity contribution is 9.10. The molecule has 0 amide bonds. The fourth-order valence-electron chi connectivity index (χ4n) is 2.04. The van der Waals surface area contributed by atoms with Crippen molar-refractivity contribution in [2.75, 3.05) is 5.32 Å². The van der Waals surface area contributed by atoms with Crippen molar-refractivity contribution in [1.29, 1.82) is 0 Å². The van der Waals surface area contributed by atoms with Crippen LogP contribution in [0.3, 0.4) is 0 Å². The van der Waals surface area contributed by atoms with Crippen molar-refractivity contribution in [3.05, 3.63) is 40.6 Å². The molecule has 1 fully saturated rings. The molecule has 0 bridgehead atoms. The van der Waals surface area contributed by atoms with Gasteiger partial charge in [0.25, 0.3) is 0 Å². The van der Waals surface area contributed by atoms with Gasteiger partial charge in [0.15, 0.2) is 0 Å². The molecule has 3 nitrogen and oxygen atoms in total. The number of nitrogens with one attached hydrogen (secondary N) is 1. The Morgan fingerprint density at radius 3 is 2.70 bits per heavy atom. The summed E-state index contributed by atoms with van der Waals surface area (Å²) in [4.78, 5) is 4.09. The van der Waals surface area contributed by atoms with E-state index in [0.717, 1.165) is 18.9 Å². The SMILES string of the molecule is FC(F)(F)c1cc(Br)ccc1Nc1nccn1C1CC1. The Morgan fingerprint density at radius 1 is 1.30 bits per heavy atom. The second-order valence-electron chi connectivity index (χ2n) is 4.70. The predicted octanol–water partition coefficient (Wildman–Crippen LogP) is 4.74. The molecule has 20 heavy (non-hydrogen) atoms. The molecule has 0 atom stereocenters. The molecule has 0 unspecified atom stereocenters. The maximum absolute atomic E-state index is 13.0. The van der Waals surface area contributed by atoms with Crippen molar-refractivity contribution in [3.8, 4) is 0 Å². The lowest BCUT2D eigenvalue weighted by molar-refractivity contribution is -0.137. The van der Waals surface area contributed by atoms with Gasteiger partial charge < -0.3 is 9.88 Å². The topological polar surface area (TPSA) is 29.9 Å². The van der Waals surface area contributed by atoms with Gasteiger partial charge in [-0.3, -0.25) is 0 Å². The maximum atomic E-state index is 13.0. The van der Waals surface area contributed by atoms with E-state index < -0.39 is 11.7 Å². The highest BCUT2D eigenvalue weighted by atomic mass is 79.9. The largest absolute Gasteiger partial charge is 0.418 e. The molecule has 1 aliphatic rings. The maximum Gasteiger partial charge on any atom is 0.418 e. The smallest absolute Gasteiger partial charge is 0.325 e. The van der Waals surface area contributed by atoms with Crippen LogP contribution in [0.1, 0.15) is 24.4 Å². The zero-order valence-electron chi connectivity index (χ0n) is 10.3. The van der Waals surface area contributed by atoms with Gasteiger partial charge in [-0.15, -0.1) is 0 Å². The fourth-order valence-corrected chi connectivity index (χ4v) is 2.40. The third kappa shape index (κ3) is 2.67. The van der Waals surface area contributed by atoms with Gasteiger partial charge in [0, 0.05) is 22.9 Å². The Balaban J connectivity index is 1.96. The number of aromatic nitrogens is 2. The van der Waals surface area contributed by atoms with Crippen LogP contribution in [0.15, 0.2) is 35.1 Å². The van der Waals surface area contributed by atoms with Crippen molar-refractivity contribution in [2.24, 2.45) is 0 Å². The quantitative estimate of drug-likeness (QED) is 0.870. The average Bonchev–Trinajstić information content (AvgIpc) is 3.11. The molecule has 0 radical (unpaired) electrons. The van der Waals surface area contributed by atoms with E-state index in [1.165, 1.54) is 6.07 Å². The summed E-state index contributed by atoms with van der Waals surface area (Å²) >= 11 is 3.07. The molecule has 0 spiro atoms. The van der Waals surface area contributed by atoms with E-state index >= 15 is 0 Å². The lowest BCUT2D eigenvalue weighted by Gasteiger charge is -2.15. The molecular weight excluding hydrogens is 335 g/mol. The number of rotatable bonds is 3. The van der Waals surface area contributed by atoms with Gasteiger partial charge in [-0.2, -0.15) is 13.2 Å². The first-order valence-electron chi connectivity index (χ1n) is 6.12. The standard InChI is InChI=1S/C13H11BrF3N3/c14-8-1-4-11(10(7-8)13(15,16)17)19-12-18-5-6-20(12)9-2-3-9/h1,4-7,9H,2-3H2,(H,18,19). The number of imidazole rings is 1. The van der Waals surface area contributed by atoms with Gasteiger partial charge in [0.2, 0.25) is 5.95 Å². The third-order valence-corrected chi connectivity index (χ3v) is 3.64. The van der Waals surface area contributed by atoms with E-state index in [2.05, 4.69) is 26.2 Å². The van der Waals surface area contributed by atoms with E-state index in [1.54, 1.807) is 18.5 Å². The summed E-state index contributed by atoms with van der Waals surface area (Å²) in [6.07, 6.45) is 1.04. The van der Waals surface area contributed by atoms with Gasteiger partial charge in [0.1, 0.15) is 0 Å². The fraction of sp³-hybridized carbons (Fsp3) is 0.308. The Hall–Kier alpha value is -1.50. The highest BCUT2D eigenvalue weighted by Crippen LogP contribution is 2.40. The summed E-state index contributed by atoms with van der Waals surface area (Å²) in [5.41, 5.74) is -0.703. The lowest BCUT2D eigenvalue weighted by Crippen LogP contribution is -2.10. The molecule has 3 rings (SSSR count). The van der Waals surface area contributed by atoms with Crippen molar-refractivity contribution >= 4 is 27.6 Å². The number of alkyl halides is 3. The Labute approximate surface area is 121 Å². The zero-order valence-corrected chi connectivity index (χ0v) is 11.9. The molecule has 1 aliphatic carbocycles. The first-order chi connectivity index (χ1) is 9.45. The second kappa shape index (κ2) is 4.80. The Bertz CT molecular complexity index is 632. The van der Waals surface area contributed by atoms with Crippen LogP contribution in [0.2, 0.25) is 0 Å². The first kappa shape index (κ1) is 13.5. The number of halogens is 4. The van der Waals surface area contributed by atoms with Gasteiger partial charge in [-0.05, 0) is 31.0 Å². The Morgan fingerprint density at radius 2 is 2.05 bits per heavy atom. The molecular formula is C13H11BrF3N3. The van der Waals surface area contributed by atoms with Gasteiger partial charge in [-0.25, -0.2) is 4.98 Å². The van der Waals surface area contributed by atoms with Crippen molar-refractivity contribution < 1.29 is 13.2 Å². The van der Waals surface area contributed by atoms with E-state index in [1.807, 2.05) is 4.57 Å². The van der Waals surface area contributed by atoms with Crippen LogP contribution in [0.25, 0.3) is 0 Å². The molecule has 106 valence electrons. The molecule has 1 N–H and O–H groups in total. The van der Waals surface area contributed by atoms with Gasteiger partial charge >= 0.3 is 6.18 Å². The molecule has 1 heterocycles. The van der Waals surface area contributed by atoms with Crippen LogP contribution in [0.4, 0.5) is 24.8 Å². The van der Waals surface area contributed by atoms with Crippen LogP contribution in [-0.4, -0.2) is 9.55 Å². The summed E-state index contributed by atoms with van der Waals surface area (Å²) in [7, 11) is 0. The minimum Gasteiger partial charge on any atom is -0.325 e. The minimum atomic E-state index is -4.41. The van der Waals surface area contributed by atoms with Gasteiger partial charge in [-0.1, -0.05) is 15.9 Å². The van der Waals surface area contributed by atoms with Crippen LogP contribution in [-0.2, 0) is 6.18 Å². The molecule has 1 aromatic heterocycles. The number of hydrogen-bond donors (Lipinski definition) is 1. The molecule has 1 aromatic carbocycles. The summed E-state index contributed by atoms with van der Waals surface area (Å²) < 4.78 is 41.4. The monoisotopic (exact) mass is 345 g/mol. The summed E-state index contributed by atoms with van der Waals surface area (Å²) in [6, 6.07) is 4.39. The van der Waals surface area contributed by atoms with E-state index in [-0.39, 0.29) is 5.69 Å². The van der Waals surface area contributed by atoms with Crippen molar-refractivity contribution in [2.45, 2.75) is 25.1 Å². The van der Waals surface area contributed by atoms with Crippen LogP contribution in [0, 0.1) is 0 Å². The molecule has 2 aromatic rings. The van der Waals surface area contributed by atoms with Gasteiger partial charge in [0.05, 0.1) is 11.3 Å². The molecule has 0 saturated heterocycles. The van der Waals surface area contributed by atoms with Crippen LogP contribution >= 0.6 is 15.9 Å². The first-order valence-corrected chi connectivity index (χ1v) is 6.91. The summed E-state index contributed by atoms with van der Waals surface area (Å²) in [5, 5.41) is 2.79. The number of anilines is 2. The van der Waals surface area contributed by atoms with Crippen LogP contribution in [0.5, 0.6) is 0 Å². The van der Waals surface area contributed by atoms with E-state index in [9.17, 15) is 13.2 Å². The number of hydrogen-bond acceptors (Lipinski definition) is 2. The third-order valence-electron chi connectivity index (χ3n) is 3.14. The molecule has 7 heteroatoms. The van der Waals surface area contributed by atoms with Crippen molar-refractivity contribution in [1.82, 2.24) is 9.55 Å². The molecule has 1 saturated carbocycles. The minimum absolute atomic E-state index is 0.00815. The Kier molecular flexibility index (Phi) is 3.24. The van der Waals surface area contributed by atoms with E-state index in [4.69, 9.17) is 0 Å². The summed E-state index contributed by atoms with van der Waals surface area (Å²) in [5.74, 6) is 0.445. The normalized spacial score (nSPS) is 15.4. The second-order valence-corrected chi connectivity index (χ2v) is 5.62.